The van der Waals surface area contributed by atoms with Crippen molar-refractivity contribution in [3.63, 3.8) is 0 Å². The first kappa shape index (κ1) is 61.4. The summed E-state index contributed by atoms with van der Waals surface area (Å²) in [6, 6.07) is 23.5. The highest BCUT2D eigenvalue weighted by atomic mass is 28.4. The molecule has 0 atom stereocenters. The lowest BCUT2D eigenvalue weighted by molar-refractivity contribution is 0.475. The molecule has 0 saturated carbocycles. The number of fused-ring (bicyclic) bond motifs is 3. The minimum Gasteiger partial charge on any atom is -0.542 e. The maximum absolute atomic E-state index is 7.75. The first-order chi connectivity index (χ1) is 34.2. The summed E-state index contributed by atoms with van der Waals surface area (Å²) in [6.07, 6.45) is 0. The molecule has 0 bridgehead atoms. The smallest absolute Gasteiger partial charge is 0.258 e. The number of hydrogen-bond donors (Lipinski definition) is 0. The third kappa shape index (κ3) is 10.8. The Morgan fingerprint density at radius 1 is 0.270 bits per heavy atom. The van der Waals surface area contributed by atoms with E-state index in [1.54, 1.807) is 0 Å². The fourth-order valence-corrected chi connectivity index (χ4v) is 36.1. The molecular formula is C64H106N2O4Si4. The van der Waals surface area contributed by atoms with Crippen molar-refractivity contribution in [3.8, 4) is 34.1 Å². The second kappa shape index (κ2) is 23.3. The summed E-state index contributed by atoms with van der Waals surface area (Å²) in [5, 5.41) is 4.96. The minimum absolute atomic E-state index is 0.416. The zero-order chi connectivity index (χ0) is 56.1. The fourth-order valence-electron chi connectivity index (χ4n) is 14.9. The van der Waals surface area contributed by atoms with Gasteiger partial charge in [0.25, 0.3) is 33.3 Å². The van der Waals surface area contributed by atoms with Crippen LogP contribution in [-0.2, 0) is 0 Å². The van der Waals surface area contributed by atoms with E-state index in [1.807, 2.05) is 0 Å². The number of hydrazine groups is 1. The molecule has 0 aliphatic carbocycles. The molecule has 0 fully saturated rings. The molecule has 6 nitrogen and oxygen atoms in total. The first-order valence-electron chi connectivity index (χ1n) is 29.1. The average Bonchev–Trinajstić information content (AvgIpc) is 3.28. The molecule has 4 aromatic rings. The van der Waals surface area contributed by atoms with Crippen molar-refractivity contribution in [3.05, 3.63) is 82.9 Å². The molecule has 74 heavy (non-hydrogen) atoms. The van der Waals surface area contributed by atoms with Gasteiger partial charge in [-0.05, 0) is 141 Å². The quantitative estimate of drug-likeness (QED) is 0.0731. The Morgan fingerprint density at radius 2 is 0.473 bits per heavy atom. The molecule has 1 aliphatic rings. The van der Waals surface area contributed by atoms with Crippen LogP contribution in [0.4, 0.5) is 22.7 Å². The van der Waals surface area contributed by atoms with E-state index in [9.17, 15) is 0 Å². The van der Waals surface area contributed by atoms with Crippen LogP contribution in [0.2, 0.25) is 66.5 Å². The molecule has 1 heterocycles. The van der Waals surface area contributed by atoms with Crippen LogP contribution in [0, 0.1) is 27.7 Å². The topological polar surface area (TPSA) is 43.4 Å². The largest absolute Gasteiger partial charge is 0.542 e. The Kier molecular flexibility index (Phi) is 19.3. The highest BCUT2D eigenvalue weighted by Gasteiger charge is 2.51. The van der Waals surface area contributed by atoms with Crippen LogP contribution in [0.15, 0.2) is 60.7 Å². The van der Waals surface area contributed by atoms with E-state index in [0.29, 0.717) is 66.5 Å². The summed E-state index contributed by atoms with van der Waals surface area (Å²) in [4.78, 5) is 0. The van der Waals surface area contributed by atoms with Gasteiger partial charge in [0.15, 0.2) is 0 Å². The summed E-state index contributed by atoms with van der Waals surface area (Å²) in [6.45, 7) is 66.2. The van der Waals surface area contributed by atoms with Crippen LogP contribution in [0.25, 0.3) is 11.1 Å². The van der Waals surface area contributed by atoms with Crippen molar-refractivity contribution in [2.24, 2.45) is 0 Å². The lowest BCUT2D eigenvalue weighted by atomic mass is 9.93. The Hall–Kier alpha value is -3.45. The number of anilines is 4. The van der Waals surface area contributed by atoms with E-state index in [2.05, 4.69) is 265 Å². The summed E-state index contributed by atoms with van der Waals surface area (Å²) < 4.78 is 30.9. The second-order valence-electron chi connectivity index (χ2n) is 26.5. The van der Waals surface area contributed by atoms with E-state index in [4.69, 9.17) is 17.7 Å². The third-order valence-electron chi connectivity index (χ3n) is 18.3. The van der Waals surface area contributed by atoms with E-state index in [-0.39, 0.29) is 0 Å². The molecule has 0 spiro atoms. The normalized spacial score (nSPS) is 14.0. The Labute approximate surface area is 458 Å². The number of hydrogen-bond acceptors (Lipinski definition) is 6. The minimum atomic E-state index is -2.38. The predicted molar refractivity (Wildman–Crippen MR) is 335 cm³/mol. The molecule has 0 amide bonds. The lowest BCUT2D eigenvalue weighted by Crippen LogP contribution is -2.51. The molecule has 0 unspecified atom stereocenters. The Bertz CT molecular complexity index is 2300. The maximum Gasteiger partial charge on any atom is 0.258 e. The van der Waals surface area contributed by atoms with Gasteiger partial charge in [0.05, 0.1) is 22.7 Å². The van der Waals surface area contributed by atoms with Gasteiger partial charge in [-0.1, -0.05) is 178 Å². The fraction of sp³-hybridized carbons (Fsp3) is 0.625. The highest BCUT2D eigenvalue weighted by Crippen LogP contribution is 2.57. The number of benzene rings is 4. The van der Waals surface area contributed by atoms with Crippen LogP contribution in [0.1, 0.15) is 188 Å². The van der Waals surface area contributed by atoms with Gasteiger partial charge in [-0.25, -0.2) is 10.0 Å². The van der Waals surface area contributed by atoms with Crippen LogP contribution in [-0.4, -0.2) is 33.3 Å². The van der Waals surface area contributed by atoms with Crippen LogP contribution < -0.4 is 27.7 Å². The molecular weight excluding hydrogens is 973 g/mol. The van der Waals surface area contributed by atoms with Crippen LogP contribution >= 0.6 is 0 Å². The van der Waals surface area contributed by atoms with Gasteiger partial charge in [-0.3, -0.25) is 0 Å². The van der Waals surface area contributed by atoms with Crippen molar-refractivity contribution >= 4 is 56.0 Å². The zero-order valence-corrected chi connectivity index (χ0v) is 56.2. The highest BCUT2D eigenvalue weighted by molar-refractivity contribution is 6.79. The zero-order valence-electron chi connectivity index (χ0n) is 52.2. The van der Waals surface area contributed by atoms with E-state index in [0.717, 1.165) is 68.0 Å². The van der Waals surface area contributed by atoms with E-state index >= 15 is 0 Å². The van der Waals surface area contributed by atoms with Gasteiger partial charge in [0.1, 0.15) is 23.0 Å². The van der Waals surface area contributed by atoms with Gasteiger partial charge in [-0.15, -0.1) is 0 Å². The van der Waals surface area contributed by atoms with Gasteiger partial charge >= 0.3 is 0 Å². The number of aryl methyl sites for hydroxylation is 4. The molecule has 0 saturated heterocycles. The SMILES string of the molecule is Cc1ccc(N2c3cc(O[Si](C(C)C)(C(C)C)C(C)C)c(C)cc3-c3cc(C)c(O[Si](C(C)C)(C(C)C)C(C)C)cc3N2c2ccc(C)c(O[Si](C(C)C)(C(C)C)C(C)C)c2)cc1O[Si](C(C)C)(C(C)C)C(C)C. The molecule has 412 valence electrons. The molecule has 1 aliphatic heterocycles. The molecule has 0 aromatic heterocycles. The molecule has 0 N–H and O–H groups in total. The summed E-state index contributed by atoms with van der Waals surface area (Å²) >= 11 is 0. The Balaban J connectivity index is 2.03. The van der Waals surface area contributed by atoms with Gasteiger partial charge in [0.2, 0.25) is 0 Å². The van der Waals surface area contributed by atoms with Crippen molar-refractivity contribution in [1.29, 1.82) is 0 Å². The van der Waals surface area contributed by atoms with Crippen LogP contribution in [0.3, 0.4) is 0 Å². The molecule has 5 rings (SSSR count). The predicted octanol–water partition coefficient (Wildman–Crippen LogP) is 22.0. The second-order valence-corrected chi connectivity index (χ2v) is 48.0. The third-order valence-corrected chi connectivity index (χ3v) is 42.3. The van der Waals surface area contributed by atoms with E-state index in [1.165, 1.54) is 11.1 Å². The molecule has 0 radical (unpaired) electrons. The summed E-state index contributed by atoms with van der Waals surface area (Å²) in [5.41, 5.74) is 16.2. The van der Waals surface area contributed by atoms with Crippen molar-refractivity contribution < 1.29 is 17.7 Å². The van der Waals surface area contributed by atoms with Gasteiger partial charge in [0, 0.05) is 35.4 Å². The number of rotatable bonds is 22. The van der Waals surface area contributed by atoms with Crippen molar-refractivity contribution in [2.75, 3.05) is 10.0 Å². The van der Waals surface area contributed by atoms with E-state index < -0.39 is 33.3 Å². The van der Waals surface area contributed by atoms with Gasteiger partial charge in [-0.2, -0.15) is 0 Å². The van der Waals surface area contributed by atoms with Crippen molar-refractivity contribution in [1.82, 2.24) is 0 Å². The van der Waals surface area contributed by atoms with Gasteiger partial charge < -0.3 is 17.7 Å². The summed E-state index contributed by atoms with van der Waals surface area (Å²) in [5.74, 6) is 3.89. The molecule has 10 heteroatoms. The number of nitrogens with zero attached hydrogens (tertiary/aromatic N) is 2. The maximum atomic E-state index is 7.75. The lowest BCUT2D eigenvalue weighted by Gasteiger charge is -2.47. The van der Waals surface area contributed by atoms with Crippen molar-refractivity contribution in [2.45, 2.75) is 260 Å². The van der Waals surface area contributed by atoms with Crippen LogP contribution in [0.5, 0.6) is 23.0 Å². The first-order valence-corrected chi connectivity index (χ1v) is 37.6. The standard InChI is InChI=1S/C64H106N2O4Si4/c1-39(2)71(40(3)4,41(5)6)67-61-35-55(31-29-51(61)25)65-59-37-63(69-73(45(13)14,46(15)16)47(17)18)53(27)33-57(59)58-34-54(28)64(70-74(48(19)20,49(21)22)50(23)24)38-60(58)66(65)56-32-30-52(26)62(36-56)68-72(42(7)8,43(9)10)44(11)12/h29-50H,1-28H3. The monoisotopic (exact) mass is 1080 g/mol. The summed E-state index contributed by atoms with van der Waals surface area (Å²) in [7, 11) is -9.48. The average molecular weight is 1080 g/mol. The molecule has 4 aromatic carbocycles. The Morgan fingerprint density at radius 3 is 0.676 bits per heavy atom.